The molecule has 5 nitrogen and oxygen atoms in total. The number of hydrogen-bond donors (Lipinski definition) is 0. The Morgan fingerprint density at radius 2 is 1.54 bits per heavy atom. The highest BCUT2D eigenvalue weighted by Gasteiger charge is 2.18. The molecule has 0 radical (unpaired) electrons. The number of aromatic nitrogens is 3. The summed E-state index contributed by atoms with van der Waals surface area (Å²) in [5, 5.41) is 9.21. The summed E-state index contributed by atoms with van der Waals surface area (Å²) in [5.41, 5.74) is 3.42. The Morgan fingerprint density at radius 1 is 0.821 bits per heavy atom. The molecular weight excluding hydrogens is 370 g/mol. The minimum Gasteiger partial charge on any atom is -0.368 e. The van der Waals surface area contributed by atoms with Crippen molar-refractivity contribution in [3.8, 4) is 11.3 Å². The predicted molar refractivity (Wildman–Crippen MR) is 115 cm³/mol. The summed E-state index contributed by atoms with van der Waals surface area (Å²) in [7, 11) is 0. The van der Waals surface area contributed by atoms with Crippen molar-refractivity contribution in [1.29, 1.82) is 0 Å². The first kappa shape index (κ1) is 19.0. The zero-order valence-electron chi connectivity index (χ0n) is 16.0. The van der Waals surface area contributed by atoms with Crippen LogP contribution in [0.15, 0.2) is 60.8 Å². The number of hydrogen-bond acceptors (Lipinski definition) is 4. The number of piperazine rings is 1. The molecule has 0 atom stereocenters. The summed E-state index contributed by atoms with van der Waals surface area (Å²) in [6.07, 6.45) is 4.12. The van der Waals surface area contributed by atoms with Gasteiger partial charge in [-0.15, -0.1) is 5.10 Å². The lowest BCUT2D eigenvalue weighted by molar-refractivity contribution is 0.251. The van der Waals surface area contributed by atoms with E-state index in [9.17, 15) is 0 Å². The number of anilines is 1. The Kier molecular flexibility index (Phi) is 6.24. The van der Waals surface area contributed by atoms with Crippen LogP contribution in [0.25, 0.3) is 11.3 Å². The van der Waals surface area contributed by atoms with Crippen molar-refractivity contribution in [2.24, 2.45) is 0 Å². The van der Waals surface area contributed by atoms with E-state index in [1.54, 1.807) is 0 Å². The molecule has 0 aliphatic carbocycles. The lowest BCUT2D eigenvalue weighted by atomic mass is 10.1. The van der Waals surface area contributed by atoms with Gasteiger partial charge in [0.1, 0.15) is 0 Å². The van der Waals surface area contributed by atoms with Gasteiger partial charge in [0.25, 0.3) is 0 Å². The van der Waals surface area contributed by atoms with Gasteiger partial charge in [-0.05, 0) is 31.5 Å². The first-order valence-corrected chi connectivity index (χ1v) is 10.3. The molecule has 0 N–H and O–H groups in total. The molecule has 2 aromatic carbocycles. The molecular formula is C22H26ClN5. The molecule has 1 aromatic heterocycles. The lowest BCUT2D eigenvalue weighted by Gasteiger charge is -2.36. The fourth-order valence-corrected chi connectivity index (χ4v) is 4.03. The smallest absolute Gasteiger partial charge is 0.0885 e. The number of benzene rings is 2. The van der Waals surface area contributed by atoms with Gasteiger partial charge in [0.15, 0.2) is 0 Å². The number of para-hydroxylation sites is 1. The van der Waals surface area contributed by atoms with Gasteiger partial charge in [0.2, 0.25) is 0 Å². The molecule has 0 spiro atoms. The molecule has 1 aliphatic rings. The molecule has 28 heavy (non-hydrogen) atoms. The summed E-state index contributed by atoms with van der Waals surface area (Å²) >= 11 is 6.33. The number of aryl methyl sites for hydroxylation is 1. The van der Waals surface area contributed by atoms with Crippen molar-refractivity contribution in [2.75, 3.05) is 37.6 Å². The molecule has 1 fully saturated rings. The van der Waals surface area contributed by atoms with Crippen LogP contribution in [0.2, 0.25) is 5.02 Å². The first-order valence-electron chi connectivity index (χ1n) is 9.97. The Morgan fingerprint density at radius 3 is 2.32 bits per heavy atom. The number of unbranched alkanes of at least 4 members (excludes halogenated alkanes) is 1. The van der Waals surface area contributed by atoms with Crippen LogP contribution in [0.4, 0.5) is 5.69 Å². The van der Waals surface area contributed by atoms with Crippen molar-refractivity contribution >= 4 is 17.3 Å². The molecule has 146 valence electrons. The molecule has 0 bridgehead atoms. The highest BCUT2D eigenvalue weighted by atomic mass is 35.5. The molecule has 6 heteroatoms. The van der Waals surface area contributed by atoms with Gasteiger partial charge in [0, 0.05) is 38.3 Å². The average molecular weight is 396 g/mol. The minimum atomic E-state index is 0.845. The molecule has 1 aliphatic heterocycles. The molecule has 0 saturated carbocycles. The number of rotatable bonds is 7. The van der Waals surface area contributed by atoms with Crippen LogP contribution >= 0.6 is 11.6 Å². The standard InChI is InChI=1S/C22H26ClN5/c23-20-10-4-5-11-21(20)27-16-14-26(15-17-27)12-6-7-13-28-22(18-24-25-28)19-8-2-1-3-9-19/h1-5,8-11,18H,6-7,12-17H2. The normalized spacial score (nSPS) is 15.1. The van der Waals surface area contributed by atoms with Crippen molar-refractivity contribution in [2.45, 2.75) is 19.4 Å². The SMILES string of the molecule is Clc1ccccc1N1CCN(CCCCn2nncc2-c2ccccc2)CC1. The van der Waals surface area contributed by atoms with Gasteiger partial charge in [-0.1, -0.05) is 59.3 Å². The second-order valence-electron chi connectivity index (χ2n) is 7.20. The third kappa shape index (κ3) is 4.54. The van der Waals surface area contributed by atoms with Crippen LogP contribution in [0.1, 0.15) is 12.8 Å². The van der Waals surface area contributed by atoms with Crippen LogP contribution in [-0.2, 0) is 6.54 Å². The van der Waals surface area contributed by atoms with Gasteiger partial charge in [-0.2, -0.15) is 0 Å². The second-order valence-corrected chi connectivity index (χ2v) is 7.60. The van der Waals surface area contributed by atoms with E-state index in [0.717, 1.165) is 62.1 Å². The van der Waals surface area contributed by atoms with Gasteiger partial charge in [-0.3, -0.25) is 4.90 Å². The third-order valence-corrected chi connectivity index (χ3v) is 5.67. The quantitative estimate of drug-likeness (QED) is 0.562. The van der Waals surface area contributed by atoms with Crippen molar-refractivity contribution in [3.05, 3.63) is 65.8 Å². The molecule has 0 unspecified atom stereocenters. The maximum absolute atomic E-state index is 6.33. The summed E-state index contributed by atoms with van der Waals surface area (Å²) in [6, 6.07) is 18.5. The Hall–Kier alpha value is -2.37. The van der Waals surface area contributed by atoms with Crippen LogP contribution in [-0.4, -0.2) is 52.6 Å². The van der Waals surface area contributed by atoms with Gasteiger partial charge in [-0.25, -0.2) is 4.68 Å². The number of halogens is 1. The maximum Gasteiger partial charge on any atom is 0.0885 e. The van der Waals surface area contributed by atoms with E-state index in [-0.39, 0.29) is 0 Å². The highest BCUT2D eigenvalue weighted by molar-refractivity contribution is 6.33. The molecule has 4 rings (SSSR count). The fraction of sp³-hybridized carbons (Fsp3) is 0.364. The molecule has 2 heterocycles. The maximum atomic E-state index is 6.33. The van der Waals surface area contributed by atoms with Gasteiger partial charge < -0.3 is 4.90 Å². The largest absolute Gasteiger partial charge is 0.368 e. The number of nitrogens with zero attached hydrogens (tertiary/aromatic N) is 5. The van der Waals surface area contributed by atoms with Crippen molar-refractivity contribution < 1.29 is 0 Å². The van der Waals surface area contributed by atoms with Gasteiger partial charge >= 0.3 is 0 Å². The van der Waals surface area contributed by atoms with Crippen molar-refractivity contribution in [1.82, 2.24) is 19.9 Å². The topological polar surface area (TPSA) is 37.2 Å². The Bertz CT molecular complexity index is 871. The third-order valence-electron chi connectivity index (χ3n) is 5.35. The van der Waals surface area contributed by atoms with Gasteiger partial charge in [0.05, 0.1) is 22.6 Å². The lowest BCUT2D eigenvalue weighted by Crippen LogP contribution is -2.46. The molecule has 1 saturated heterocycles. The van der Waals surface area contributed by atoms with E-state index >= 15 is 0 Å². The van der Waals surface area contributed by atoms with E-state index in [0.29, 0.717) is 0 Å². The minimum absolute atomic E-state index is 0.845. The second kappa shape index (κ2) is 9.22. The van der Waals surface area contributed by atoms with E-state index in [1.807, 2.05) is 29.1 Å². The summed E-state index contributed by atoms with van der Waals surface area (Å²) < 4.78 is 2.02. The molecule has 3 aromatic rings. The molecule has 0 amide bonds. The van der Waals surface area contributed by atoms with E-state index < -0.39 is 0 Å². The zero-order valence-corrected chi connectivity index (χ0v) is 16.8. The van der Waals surface area contributed by atoms with E-state index in [1.165, 1.54) is 12.0 Å². The monoisotopic (exact) mass is 395 g/mol. The predicted octanol–water partition coefficient (Wildman–Crippen LogP) is 4.20. The van der Waals surface area contributed by atoms with Crippen LogP contribution in [0.5, 0.6) is 0 Å². The Balaban J connectivity index is 1.21. The zero-order chi connectivity index (χ0) is 19.2. The summed E-state index contributed by atoms with van der Waals surface area (Å²) in [5.74, 6) is 0. The van der Waals surface area contributed by atoms with Crippen LogP contribution in [0.3, 0.4) is 0 Å². The first-order chi connectivity index (χ1) is 13.8. The van der Waals surface area contributed by atoms with E-state index in [2.05, 4.69) is 56.5 Å². The van der Waals surface area contributed by atoms with E-state index in [4.69, 9.17) is 11.6 Å². The highest BCUT2D eigenvalue weighted by Crippen LogP contribution is 2.26. The Labute approximate surface area is 171 Å². The summed E-state index contributed by atoms with van der Waals surface area (Å²) in [6.45, 7) is 6.28. The van der Waals surface area contributed by atoms with Crippen LogP contribution in [0, 0.1) is 0 Å². The van der Waals surface area contributed by atoms with Crippen LogP contribution < -0.4 is 4.90 Å². The fourth-order valence-electron chi connectivity index (χ4n) is 3.77. The summed E-state index contributed by atoms with van der Waals surface area (Å²) in [4.78, 5) is 4.94. The van der Waals surface area contributed by atoms with Crippen molar-refractivity contribution in [3.63, 3.8) is 0 Å². The average Bonchev–Trinajstić information content (AvgIpc) is 3.21.